The van der Waals surface area contributed by atoms with E-state index in [9.17, 15) is 9.59 Å². The van der Waals surface area contributed by atoms with E-state index in [1.54, 1.807) is 0 Å². The molecule has 0 saturated carbocycles. The molecule has 0 unspecified atom stereocenters. The van der Waals surface area contributed by atoms with Gasteiger partial charge in [0.25, 0.3) is 5.91 Å². The van der Waals surface area contributed by atoms with Gasteiger partial charge in [0.2, 0.25) is 0 Å². The number of carbonyl (C=O) groups excluding carboxylic acids is 1. The van der Waals surface area contributed by atoms with Crippen molar-refractivity contribution in [3.63, 3.8) is 0 Å². The third kappa shape index (κ3) is 6.35. The fourth-order valence-corrected chi connectivity index (χ4v) is 2.12. The van der Waals surface area contributed by atoms with Crippen molar-refractivity contribution in [1.29, 1.82) is 0 Å². The topological polar surface area (TPSA) is 123 Å². The van der Waals surface area contributed by atoms with Gasteiger partial charge >= 0.3 is 5.97 Å². The summed E-state index contributed by atoms with van der Waals surface area (Å²) < 4.78 is 1.50. The largest absolute Gasteiger partial charge is 0.481 e. The Bertz CT molecular complexity index is 472. The third-order valence-electron chi connectivity index (χ3n) is 2.95. The minimum atomic E-state index is -0.858. The van der Waals surface area contributed by atoms with Crippen LogP contribution in [0, 0.1) is 11.8 Å². The molecule has 0 spiro atoms. The number of hydrogen-bond acceptors (Lipinski definition) is 5. The van der Waals surface area contributed by atoms with Crippen LogP contribution in [0.5, 0.6) is 0 Å². The maximum absolute atomic E-state index is 11.9. The number of aromatic nitrogens is 3. The number of carboxylic acid groups (broad SMARTS) is 1. The van der Waals surface area contributed by atoms with Crippen molar-refractivity contribution in [2.75, 3.05) is 13.1 Å². The minimum absolute atomic E-state index is 0.0400. The maximum Gasteiger partial charge on any atom is 0.303 e. The van der Waals surface area contributed by atoms with E-state index in [1.807, 2.05) is 13.8 Å². The average Bonchev–Trinajstić information content (AvgIpc) is 2.83. The Kier molecular flexibility index (Phi) is 6.80. The molecule has 0 aromatic carbocycles. The Morgan fingerprint density at radius 1 is 1.48 bits per heavy atom. The number of amides is 1. The molecule has 1 amide bonds. The molecule has 0 saturated heterocycles. The predicted octanol–water partition coefficient (Wildman–Crippen LogP) is 0.104. The lowest BCUT2D eigenvalue weighted by molar-refractivity contribution is -0.138. The average molecular weight is 297 g/mol. The quantitative estimate of drug-likeness (QED) is 0.594. The highest BCUT2D eigenvalue weighted by molar-refractivity contribution is 5.91. The van der Waals surface area contributed by atoms with E-state index < -0.39 is 5.97 Å². The van der Waals surface area contributed by atoms with Crippen molar-refractivity contribution in [3.05, 3.63) is 11.9 Å². The zero-order valence-corrected chi connectivity index (χ0v) is 12.5. The van der Waals surface area contributed by atoms with E-state index in [-0.39, 0.29) is 23.9 Å². The van der Waals surface area contributed by atoms with Crippen molar-refractivity contribution in [1.82, 2.24) is 20.3 Å². The summed E-state index contributed by atoms with van der Waals surface area (Å²) in [6, 6.07) is 0. The zero-order chi connectivity index (χ0) is 15.8. The van der Waals surface area contributed by atoms with E-state index in [1.165, 1.54) is 10.9 Å². The number of nitrogens with zero attached hydrogens (tertiary/aromatic N) is 3. The van der Waals surface area contributed by atoms with Crippen LogP contribution in [-0.4, -0.2) is 45.1 Å². The monoisotopic (exact) mass is 297 g/mol. The van der Waals surface area contributed by atoms with Crippen LogP contribution < -0.4 is 11.1 Å². The summed E-state index contributed by atoms with van der Waals surface area (Å²) >= 11 is 0. The summed E-state index contributed by atoms with van der Waals surface area (Å²) in [4.78, 5) is 22.8. The van der Waals surface area contributed by atoms with Crippen LogP contribution in [0.1, 0.15) is 37.2 Å². The summed E-state index contributed by atoms with van der Waals surface area (Å²) in [6.07, 6.45) is 2.31. The molecule has 8 nitrogen and oxygen atoms in total. The van der Waals surface area contributed by atoms with Crippen LogP contribution in [0.15, 0.2) is 6.20 Å². The Morgan fingerprint density at radius 3 is 2.76 bits per heavy atom. The molecule has 0 radical (unpaired) electrons. The molecule has 1 aromatic rings. The molecule has 0 aliphatic heterocycles. The second kappa shape index (κ2) is 8.35. The molecule has 118 valence electrons. The molecule has 1 atom stereocenters. The van der Waals surface area contributed by atoms with E-state index in [0.29, 0.717) is 25.6 Å². The van der Waals surface area contributed by atoms with Gasteiger partial charge in [-0.25, -0.2) is 0 Å². The zero-order valence-electron chi connectivity index (χ0n) is 12.5. The first-order chi connectivity index (χ1) is 9.92. The molecule has 0 aliphatic carbocycles. The first-order valence-corrected chi connectivity index (χ1v) is 7.02. The highest BCUT2D eigenvalue weighted by Gasteiger charge is 2.17. The number of hydrogen-bond donors (Lipinski definition) is 3. The fourth-order valence-electron chi connectivity index (χ4n) is 2.12. The summed E-state index contributed by atoms with van der Waals surface area (Å²) in [6.45, 7) is 5.27. The number of aliphatic carboxylic acids is 1. The van der Waals surface area contributed by atoms with Gasteiger partial charge in [0.05, 0.1) is 12.7 Å². The molecule has 0 fully saturated rings. The summed E-state index contributed by atoms with van der Waals surface area (Å²) in [5, 5.41) is 19.2. The number of nitrogens with one attached hydrogen (secondary N) is 1. The Morgan fingerprint density at radius 2 is 2.19 bits per heavy atom. The molecule has 8 heteroatoms. The van der Waals surface area contributed by atoms with Crippen LogP contribution in [0.3, 0.4) is 0 Å². The van der Waals surface area contributed by atoms with Crippen LogP contribution in [0.4, 0.5) is 0 Å². The van der Waals surface area contributed by atoms with Gasteiger partial charge in [0, 0.05) is 19.5 Å². The van der Waals surface area contributed by atoms with E-state index in [4.69, 9.17) is 10.8 Å². The molecule has 4 N–H and O–H groups in total. The van der Waals surface area contributed by atoms with Crippen LogP contribution in [-0.2, 0) is 11.3 Å². The lowest BCUT2D eigenvalue weighted by atomic mass is 9.94. The van der Waals surface area contributed by atoms with Crippen molar-refractivity contribution >= 4 is 11.9 Å². The molecule has 1 heterocycles. The van der Waals surface area contributed by atoms with Crippen LogP contribution in [0.2, 0.25) is 0 Å². The Balaban J connectivity index is 2.52. The van der Waals surface area contributed by atoms with Gasteiger partial charge in [-0.15, -0.1) is 5.10 Å². The molecular weight excluding hydrogens is 274 g/mol. The smallest absolute Gasteiger partial charge is 0.303 e. The first kappa shape index (κ1) is 17.1. The first-order valence-electron chi connectivity index (χ1n) is 7.02. The normalized spacial score (nSPS) is 12.4. The summed E-state index contributed by atoms with van der Waals surface area (Å²) in [5.41, 5.74) is 5.60. The van der Waals surface area contributed by atoms with Crippen molar-refractivity contribution in [3.8, 4) is 0 Å². The Labute approximate surface area is 123 Å². The lowest BCUT2D eigenvalue weighted by Crippen LogP contribution is -2.31. The van der Waals surface area contributed by atoms with Gasteiger partial charge in [-0.2, -0.15) is 0 Å². The lowest BCUT2D eigenvalue weighted by Gasteiger charge is -2.17. The molecule has 1 aromatic heterocycles. The van der Waals surface area contributed by atoms with Gasteiger partial charge in [-0.05, 0) is 18.3 Å². The van der Waals surface area contributed by atoms with Crippen molar-refractivity contribution in [2.45, 2.75) is 33.2 Å². The predicted molar refractivity (Wildman–Crippen MR) is 76.6 cm³/mol. The van der Waals surface area contributed by atoms with Gasteiger partial charge in [-0.3, -0.25) is 14.3 Å². The van der Waals surface area contributed by atoms with Crippen molar-refractivity contribution < 1.29 is 14.7 Å². The third-order valence-corrected chi connectivity index (χ3v) is 2.95. The van der Waals surface area contributed by atoms with Crippen molar-refractivity contribution in [2.24, 2.45) is 17.6 Å². The second-order valence-electron chi connectivity index (χ2n) is 5.46. The number of rotatable bonds is 9. The fraction of sp³-hybridized carbons (Fsp3) is 0.692. The number of carbonyl (C=O) groups is 2. The highest BCUT2D eigenvalue weighted by Crippen LogP contribution is 2.14. The van der Waals surface area contributed by atoms with Gasteiger partial charge in [0.15, 0.2) is 5.69 Å². The highest BCUT2D eigenvalue weighted by atomic mass is 16.4. The number of nitrogens with two attached hydrogens (primary N) is 1. The van der Waals surface area contributed by atoms with E-state index in [0.717, 1.165) is 6.42 Å². The molecule has 1 rings (SSSR count). The van der Waals surface area contributed by atoms with Crippen LogP contribution >= 0.6 is 0 Å². The SMILES string of the molecule is CC(C)C[C@H](CNC(=O)c1cn(CCN)nn1)CC(=O)O. The molecule has 0 bridgehead atoms. The van der Waals surface area contributed by atoms with Gasteiger partial charge in [-0.1, -0.05) is 19.1 Å². The summed E-state index contributed by atoms with van der Waals surface area (Å²) in [5.74, 6) is -0.927. The van der Waals surface area contributed by atoms with Gasteiger partial charge < -0.3 is 16.2 Å². The van der Waals surface area contributed by atoms with Crippen LogP contribution in [0.25, 0.3) is 0 Å². The molecule has 0 aliphatic rings. The molecular formula is C13H23N5O3. The van der Waals surface area contributed by atoms with E-state index in [2.05, 4.69) is 15.6 Å². The standard InChI is InChI=1S/C13H23N5O3/c1-9(2)5-10(6-12(19)20)7-15-13(21)11-8-18(4-3-14)17-16-11/h8-10H,3-7,14H2,1-2H3,(H,15,21)(H,19,20)/t10-/m0/s1. The number of carboxylic acids is 1. The maximum atomic E-state index is 11.9. The second-order valence-corrected chi connectivity index (χ2v) is 5.46. The molecule has 21 heavy (non-hydrogen) atoms. The summed E-state index contributed by atoms with van der Waals surface area (Å²) in [7, 11) is 0. The van der Waals surface area contributed by atoms with Gasteiger partial charge in [0.1, 0.15) is 0 Å². The minimum Gasteiger partial charge on any atom is -0.481 e. The van der Waals surface area contributed by atoms with E-state index >= 15 is 0 Å². The Hall–Kier alpha value is -1.96.